The molecule has 1 aliphatic carbocycles. The maximum Gasteiger partial charge on any atom is 0.333 e. The van der Waals surface area contributed by atoms with E-state index in [1.165, 1.54) is 0 Å². The van der Waals surface area contributed by atoms with Gasteiger partial charge < -0.3 is 9.88 Å². The Balaban J connectivity index is 1.21. The third-order valence-electron chi connectivity index (χ3n) is 7.97. The Morgan fingerprint density at radius 3 is 2.55 bits per heavy atom. The van der Waals surface area contributed by atoms with E-state index in [1.54, 1.807) is 18.6 Å². The Morgan fingerprint density at radius 2 is 1.80 bits per heavy atom. The largest absolute Gasteiger partial charge is 0.349 e. The number of nitrogens with one attached hydrogen (secondary N) is 1. The minimum atomic E-state index is -0.136. The molecule has 1 aliphatic rings. The Bertz CT molecular complexity index is 1760. The summed E-state index contributed by atoms with van der Waals surface area (Å²) in [4.78, 5) is 35.2. The molecule has 9 heteroatoms. The number of nitrogens with zero attached hydrogens (tertiary/aromatic N) is 5. The van der Waals surface area contributed by atoms with E-state index in [0.717, 1.165) is 53.7 Å². The first-order valence-corrected chi connectivity index (χ1v) is 14.0. The van der Waals surface area contributed by atoms with Crippen LogP contribution in [0.1, 0.15) is 41.7 Å². The summed E-state index contributed by atoms with van der Waals surface area (Å²) in [5.41, 5.74) is 5.78. The number of fused-ring (bicyclic) bond motifs is 1. The summed E-state index contributed by atoms with van der Waals surface area (Å²) in [6.45, 7) is 2.46. The fourth-order valence-electron chi connectivity index (χ4n) is 5.82. The van der Waals surface area contributed by atoms with E-state index in [4.69, 9.17) is 11.6 Å². The molecule has 0 bridgehead atoms. The number of pyridine rings is 1. The zero-order chi connectivity index (χ0) is 27.8. The SMILES string of the molecule is Cc1ncc(Cl)cc1C(=O)N[C@H]1CC[C@H](Cn2c(=O)n(-c3cccc(-c4cncn4C)c3)c3ccccc32)CC1. The van der Waals surface area contributed by atoms with E-state index in [-0.39, 0.29) is 17.6 Å². The van der Waals surface area contributed by atoms with Crippen LogP contribution in [-0.4, -0.2) is 35.6 Å². The van der Waals surface area contributed by atoms with Gasteiger partial charge in [-0.25, -0.2) is 9.78 Å². The first-order valence-electron chi connectivity index (χ1n) is 13.6. The van der Waals surface area contributed by atoms with E-state index in [2.05, 4.69) is 15.3 Å². The minimum Gasteiger partial charge on any atom is -0.349 e. The Kier molecular flexibility index (Phi) is 7.02. The lowest BCUT2D eigenvalue weighted by Gasteiger charge is -2.29. The molecule has 204 valence electrons. The standard InChI is InChI=1S/C31H31ClN6O2/c1-20-26(15-23(32)16-34-20)30(39)35-24-12-10-21(11-13-24)18-37-27-8-3-4-9-28(27)38(31(37)40)25-7-5-6-22(14-25)29-17-33-19-36(29)2/h3-9,14-17,19,21,24H,10-13,18H2,1-2H3,(H,35,39)/t21-,24-. The average molecular weight is 555 g/mol. The van der Waals surface area contributed by atoms with Crippen molar-refractivity contribution in [3.05, 3.63) is 100 Å². The molecule has 0 radical (unpaired) electrons. The number of carbonyl (C=O) groups excluding carboxylic acids is 1. The number of hydrogen-bond donors (Lipinski definition) is 1. The number of para-hydroxylation sites is 2. The van der Waals surface area contributed by atoms with Gasteiger partial charge in [0.15, 0.2) is 0 Å². The second-order valence-corrected chi connectivity index (χ2v) is 11.1. The molecular formula is C31H31ClN6O2. The van der Waals surface area contributed by atoms with Gasteiger partial charge in [-0.05, 0) is 68.9 Å². The van der Waals surface area contributed by atoms with Crippen molar-refractivity contribution in [3.8, 4) is 16.9 Å². The van der Waals surface area contributed by atoms with Crippen molar-refractivity contribution < 1.29 is 4.79 Å². The molecule has 1 N–H and O–H groups in total. The average Bonchev–Trinajstić information content (AvgIpc) is 3.51. The zero-order valence-electron chi connectivity index (χ0n) is 22.5. The van der Waals surface area contributed by atoms with Crippen molar-refractivity contribution in [3.63, 3.8) is 0 Å². The minimum absolute atomic E-state index is 0.0392. The lowest BCUT2D eigenvalue weighted by molar-refractivity contribution is 0.0919. The Labute approximate surface area is 237 Å². The highest BCUT2D eigenvalue weighted by atomic mass is 35.5. The summed E-state index contributed by atoms with van der Waals surface area (Å²) in [5, 5.41) is 3.61. The van der Waals surface area contributed by atoms with Gasteiger partial charge in [0.25, 0.3) is 5.91 Å². The normalized spacial score (nSPS) is 17.3. The van der Waals surface area contributed by atoms with Gasteiger partial charge in [0, 0.05) is 31.4 Å². The molecule has 0 atom stereocenters. The van der Waals surface area contributed by atoms with Gasteiger partial charge in [0.05, 0.1) is 51.2 Å². The number of rotatable bonds is 6. The first kappa shape index (κ1) is 26.1. The molecule has 6 rings (SSSR count). The predicted octanol–water partition coefficient (Wildman–Crippen LogP) is 5.54. The summed E-state index contributed by atoms with van der Waals surface area (Å²) in [6, 6.07) is 17.8. The highest BCUT2D eigenvalue weighted by molar-refractivity contribution is 6.30. The van der Waals surface area contributed by atoms with Crippen LogP contribution in [0.15, 0.2) is 78.1 Å². The van der Waals surface area contributed by atoms with Gasteiger partial charge in [0.1, 0.15) is 0 Å². The van der Waals surface area contributed by atoms with Crippen LogP contribution < -0.4 is 11.0 Å². The number of aromatic nitrogens is 5. The van der Waals surface area contributed by atoms with Crippen molar-refractivity contribution in [1.82, 2.24) is 29.0 Å². The van der Waals surface area contributed by atoms with Crippen molar-refractivity contribution in [2.45, 2.75) is 45.2 Å². The maximum absolute atomic E-state index is 13.9. The van der Waals surface area contributed by atoms with Crippen LogP contribution in [0.3, 0.4) is 0 Å². The molecule has 5 aromatic rings. The highest BCUT2D eigenvalue weighted by Gasteiger charge is 2.26. The molecule has 40 heavy (non-hydrogen) atoms. The molecule has 0 spiro atoms. The summed E-state index contributed by atoms with van der Waals surface area (Å²) < 4.78 is 5.69. The molecule has 2 aromatic carbocycles. The summed E-state index contributed by atoms with van der Waals surface area (Å²) in [5.74, 6) is 0.212. The lowest BCUT2D eigenvalue weighted by atomic mass is 9.85. The number of amides is 1. The van der Waals surface area contributed by atoms with E-state index < -0.39 is 0 Å². The van der Waals surface area contributed by atoms with Crippen molar-refractivity contribution in [2.24, 2.45) is 13.0 Å². The van der Waals surface area contributed by atoms with Crippen LogP contribution >= 0.6 is 11.6 Å². The smallest absolute Gasteiger partial charge is 0.333 e. The third-order valence-corrected chi connectivity index (χ3v) is 8.18. The molecule has 1 fully saturated rings. The number of halogens is 1. The Morgan fingerprint density at radius 1 is 1.02 bits per heavy atom. The molecule has 1 saturated carbocycles. The topological polar surface area (TPSA) is 86.7 Å². The van der Waals surface area contributed by atoms with Gasteiger partial charge in [-0.3, -0.25) is 18.9 Å². The van der Waals surface area contributed by atoms with Gasteiger partial charge >= 0.3 is 5.69 Å². The Hall–Kier alpha value is -4.17. The van der Waals surface area contributed by atoms with Gasteiger partial charge in [-0.1, -0.05) is 35.9 Å². The number of benzene rings is 2. The maximum atomic E-state index is 13.9. The zero-order valence-corrected chi connectivity index (χ0v) is 23.3. The van der Waals surface area contributed by atoms with Gasteiger partial charge in [-0.15, -0.1) is 0 Å². The van der Waals surface area contributed by atoms with Gasteiger partial charge in [-0.2, -0.15) is 0 Å². The van der Waals surface area contributed by atoms with Crippen molar-refractivity contribution >= 4 is 28.5 Å². The molecule has 0 aliphatic heterocycles. The second-order valence-electron chi connectivity index (χ2n) is 10.6. The fraction of sp³-hybridized carbons (Fsp3) is 0.290. The van der Waals surface area contributed by atoms with Crippen LogP contribution in [0.4, 0.5) is 0 Å². The summed E-state index contributed by atoms with van der Waals surface area (Å²) in [6.07, 6.45) is 8.74. The van der Waals surface area contributed by atoms with Crippen LogP contribution in [0.2, 0.25) is 5.02 Å². The molecular weight excluding hydrogens is 524 g/mol. The van der Waals surface area contributed by atoms with E-state index in [9.17, 15) is 9.59 Å². The van der Waals surface area contributed by atoms with Crippen molar-refractivity contribution in [1.29, 1.82) is 0 Å². The third kappa shape index (κ3) is 4.95. The molecule has 1 amide bonds. The van der Waals surface area contributed by atoms with Crippen LogP contribution in [0.25, 0.3) is 28.0 Å². The van der Waals surface area contributed by atoms with Crippen molar-refractivity contribution in [2.75, 3.05) is 0 Å². The number of hydrogen-bond acceptors (Lipinski definition) is 4. The van der Waals surface area contributed by atoms with E-state index >= 15 is 0 Å². The quantitative estimate of drug-likeness (QED) is 0.299. The number of carbonyl (C=O) groups is 1. The van der Waals surface area contributed by atoms with Crippen LogP contribution in [0.5, 0.6) is 0 Å². The second kappa shape index (κ2) is 10.8. The lowest BCUT2D eigenvalue weighted by Crippen LogP contribution is -2.39. The number of aryl methyl sites for hydroxylation is 2. The summed E-state index contributed by atoms with van der Waals surface area (Å²) in [7, 11) is 1.96. The first-order chi connectivity index (χ1) is 19.4. The number of imidazole rings is 2. The molecule has 0 saturated heterocycles. The molecule has 0 unspecified atom stereocenters. The fourth-order valence-corrected chi connectivity index (χ4v) is 5.98. The highest BCUT2D eigenvalue weighted by Crippen LogP contribution is 2.28. The molecule has 3 aromatic heterocycles. The van der Waals surface area contributed by atoms with Crippen LogP contribution in [0, 0.1) is 12.8 Å². The predicted molar refractivity (Wildman–Crippen MR) is 157 cm³/mol. The van der Waals surface area contributed by atoms with E-state index in [1.807, 2.05) is 82.4 Å². The van der Waals surface area contributed by atoms with Gasteiger partial charge in [0.2, 0.25) is 0 Å². The molecule has 8 nitrogen and oxygen atoms in total. The van der Waals surface area contributed by atoms with E-state index in [0.29, 0.717) is 28.7 Å². The summed E-state index contributed by atoms with van der Waals surface area (Å²) >= 11 is 6.06. The monoisotopic (exact) mass is 554 g/mol. The molecule has 3 heterocycles. The van der Waals surface area contributed by atoms with Crippen LogP contribution in [-0.2, 0) is 13.6 Å².